The Balaban J connectivity index is 2.81. The summed E-state index contributed by atoms with van der Waals surface area (Å²) in [4.78, 5) is 0.289. The Morgan fingerprint density at radius 3 is 2.28 bits per heavy atom. The second-order valence-corrected chi connectivity index (χ2v) is 6.46. The summed E-state index contributed by atoms with van der Waals surface area (Å²) < 4.78 is 29.9. The predicted octanol–water partition coefficient (Wildman–Crippen LogP) is 1.38. The van der Waals surface area contributed by atoms with Crippen molar-refractivity contribution in [2.45, 2.75) is 17.9 Å². The van der Waals surface area contributed by atoms with Crippen LogP contribution in [0.2, 0.25) is 0 Å². The summed E-state index contributed by atoms with van der Waals surface area (Å²) in [5.74, 6) is 0. The van der Waals surface area contributed by atoms with Crippen LogP contribution in [0.25, 0.3) is 0 Å². The molecule has 0 aromatic heterocycles. The van der Waals surface area contributed by atoms with Crippen molar-refractivity contribution in [1.82, 2.24) is 4.31 Å². The molecule has 6 heteroatoms. The van der Waals surface area contributed by atoms with E-state index in [4.69, 9.17) is 4.74 Å². The van der Waals surface area contributed by atoms with Gasteiger partial charge in [0.1, 0.15) is 0 Å². The minimum atomic E-state index is -3.35. The number of ether oxygens (including phenoxy) is 1. The number of methoxy groups -OCH3 is 1. The average molecular weight is 272 g/mol. The lowest BCUT2D eigenvalue weighted by Gasteiger charge is -2.15. The molecule has 0 aliphatic carbocycles. The van der Waals surface area contributed by atoms with Crippen molar-refractivity contribution < 1.29 is 13.2 Å². The predicted molar refractivity (Wildman–Crippen MR) is 72.3 cm³/mol. The summed E-state index contributed by atoms with van der Waals surface area (Å²) in [6.45, 7) is 2.59. The molecule has 0 spiro atoms. The minimum Gasteiger partial charge on any atom is -0.383 e. The molecule has 1 aromatic carbocycles. The number of nitrogens with one attached hydrogen (secondary N) is 1. The zero-order valence-electron chi connectivity index (χ0n) is 11.2. The smallest absolute Gasteiger partial charge is 0.242 e. The molecule has 1 rings (SSSR count). The molecule has 0 aliphatic heterocycles. The molecule has 1 unspecified atom stereocenters. The topological polar surface area (TPSA) is 58.6 Å². The summed E-state index contributed by atoms with van der Waals surface area (Å²) in [7, 11) is 1.32. The Morgan fingerprint density at radius 2 is 1.83 bits per heavy atom. The van der Waals surface area contributed by atoms with Gasteiger partial charge in [0.2, 0.25) is 10.0 Å². The Morgan fingerprint density at radius 1 is 1.28 bits per heavy atom. The van der Waals surface area contributed by atoms with E-state index in [0.717, 1.165) is 5.69 Å². The summed E-state index contributed by atoms with van der Waals surface area (Å²) >= 11 is 0. The van der Waals surface area contributed by atoms with Crippen LogP contribution in [0.3, 0.4) is 0 Å². The molecule has 0 bridgehead atoms. The van der Waals surface area contributed by atoms with Crippen LogP contribution in [-0.4, -0.2) is 46.6 Å². The maximum Gasteiger partial charge on any atom is 0.242 e. The molecule has 5 nitrogen and oxygen atoms in total. The first-order valence-electron chi connectivity index (χ1n) is 5.66. The molecule has 1 N–H and O–H groups in total. The summed E-state index contributed by atoms with van der Waals surface area (Å²) in [5, 5.41) is 3.22. The number of sulfonamides is 1. The van der Waals surface area contributed by atoms with E-state index in [9.17, 15) is 8.42 Å². The van der Waals surface area contributed by atoms with Crippen molar-refractivity contribution in [3.63, 3.8) is 0 Å². The Bertz CT molecular complexity index is 469. The van der Waals surface area contributed by atoms with Crippen molar-refractivity contribution in [2.24, 2.45) is 0 Å². The van der Waals surface area contributed by atoms with Gasteiger partial charge >= 0.3 is 0 Å². The van der Waals surface area contributed by atoms with Gasteiger partial charge in [-0.05, 0) is 31.2 Å². The summed E-state index contributed by atoms with van der Waals surface area (Å²) in [6.07, 6.45) is 0. The molecule has 102 valence electrons. The van der Waals surface area contributed by atoms with Gasteiger partial charge < -0.3 is 10.1 Å². The maximum absolute atomic E-state index is 11.9. The average Bonchev–Trinajstić information content (AvgIpc) is 2.29. The van der Waals surface area contributed by atoms with Crippen molar-refractivity contribution in [3.8, 4) is 0 Å². The van der Waals surface area contributed by atoms with E-state index >= 15 is 0 Å². The van der Waals surface area contributed by atoms with Crippen molar-refractivity contribution in [3.05, 3.63) is 24.3 Å². The normalized spacial score (nSPS) is 13.6. The quantitative estimate of drug-likeness (QED) is 0.850. The summed E-state index contributed by atoms with van der Waals surface area (Å²) in [5.41, 5.74) is 0.872. The lowest BCUT2D eigenvalue weighted by molar-refractivity contribution is 0.190. The number of benzene rings is 1. The van der Waals surface area contributed by atoms with Crippen LogP contribution in [0, 0.1) is 0 Å². The van der Waals surface area contributed by atoms with E-state index in [0.29, 0.717) is 6.61 Å². The molecular formula is C12H20N2O3S. The first-order valence-corrected chi connectivity index (χ1v) is 7.10. The van der Waals surface area contributed by atoms with E-state index in [1.165, 1.54) is 18.4 Å². The van der Waals surface area contributed by atoms with Gasteiger partial charge in [0, 0.05) is 32.9 Å². The molecule has 0 aliphatic rings. The molecule has 18 heavy (non-hydrogen) atoms. The Labute approximate surface area is 109 Å². The SMILES string of the molecule is COCC(C)Nc1ccc(S(=O)(=O)N(C)C)cc1. The minimum absolute atomic E-state index is 0.173. The first-order chi connectivity index (χ1) is 8.37. The monoisotopic (exact) mass is 272 g/mol. The summed E-state index contributed by atoms with van der Waals surface area (Å²) in [6, 6.07) is 6.87. The fraction of sp³-hybridized carbons (Fsp3) is 0.500. The third kappa shape index (κ3) is 3.69. The molecule has 0 amide bonds. The van der Waals surface area contributed by atoms with E-state index in [-0.39, 0.29) is 10.9 Å². The number of anilines is 1. The van der Waals surface area contributed by atoms with Gasteiger partial charge in [0.05, 0.1) is 11.5 Å². The maximum atomic E-state index is 11.9. The molecule has 0 radical (unpaired) electrons. The third-order valence-corrected chi connectivity index (χ3v) is 4.29. The number of hydrogen-bond donors (Lipinski definition) is 1. The van der Waals surface area contributed by atoms with Crippen LogP contribution in [0.4, 0.5) is 5.69 Å². The van der Waals surface area contributed by atoms with Crippen molar-refractivity contribution in [2.75, 3.05) is 33.1 Å². The highest BCUT2D eigenvalue weighted by molar-refractivity contribution is 7.89. The van der Waals surface area contributed by atoms with Crippen molar-refractivity contribution >= 4 is 15.7 Å². The van der Waals surface area contributed by atoms with E-state index in [2.05, 4.69) is 5.32 Å². The lowest BCUT2D eigenvalue weighted by Crippen LogP contribution is -2.22. The fourth-order valence-electron chi connectivity index (χ4n) is 1.51. The largest absolute Gasteiger partial charge is 0.383 e. The highest BCUT2D eigenvalue weighted by Crippen LogP contribution is 2.17. The van der Waals surface area contributed by atoms with E-state index < -0.39 is 10.0 Å². The molecule has 0 saturated heterocycles. The van der Waals surface area contributed by atoms with Gasteiger partial charge in [0.25, 0.3) is 0 Å². The van der Waals surface area contributed by atoms with Gasteiger partial charge in [0.15, 0.2) is 0 Å². The molecule has 0 heterocycles. The van der Waals surface area contributed by atoms with E-state index in [1.807, 2.05) is 6.92 Å². The van der Waals surface area contributed by atoms with Crippen LogP contribution in [0.1, 0.15) is 6.92 Å². The van der Waals surface area contributed by atoms with Gasteiger partial charge in [-0.1, -0.05) is 0 Å². The Hall–Kier alpha value is -1.11. The van der Waals surface area contributed by atoms with Crippen LogP contribution in [0.15, 0.2) is 29.2 Å². The van der Waals surface area contributed by atoms with Crippen LogP contribution in [-0.2, 0) is 14.8 Å². The second-order valence-electron chi connectivity index (χ2n) is 4.31. The molecule has 1 atom stereocenters. The van der Waals surface area contributed by atoms with Crippen molar-refractivity contribution in [1.29, 1.82) is 0 Å². The first kappa shape index (κ1) is 14.9. The highest BCUT2D eigenvalue weighted by atomic mass is 32.2. The van der Waals surface area contributed by atoms with Crippen LogP contribution in [0.5, 0.6) is 0 Å². The number of nitrogens with zero attached hydrogens (tertiary/aromatic N) is 1. The third-order valence-electron chi connectivity index (χ3n) is 2.46. The molecule has 1 aromatic rings. The molecule has 0 saturated carbocycles. The Kier molecular flexibility index (Phi) is 5.13. The van der Waals surface area contributed by atoms with Gasteiger partial charge in [-0.2, -0.15) is 0 Å². The highest BCUT2D eigenvalue weighted by Gasteiger charge is 2.16. The lowest BCUT2D eigenvalue weighted by atomic mass is 10.3. The number of hydrogen-bond acceptors (Lipinski definition) is 4. The zero-order valence-corrected chi connectivity index (χ0v) is 12.0. The van der Waals surface area contributed by atoms with Gasteiger partial charge in [-0.15, -0.1) is 0 Å². The molecule has 0 fully saturated rings. The van der Waals surface area contributed by atoms with Gasteiger partial charge in [-0.3, -0.25) is 0 Å². The zero-order chi connectivity index (χ0) is 13.8. The second kappa shape index (κ2) is 6.17. The molecular weight excluding hydrogens is 252 g/mol. The standard InChI is InChI=1S/C12H20N2O3S/c1-10(9-17-4)13-11-5-7-12(8-6-11)18(15,16)14(2)3/h5-8,10,13H,9H2,1-4H3. The number of rotatable bonds is 6. The van der Waals surface area contributed by atoms with Crippen LogP contribution < -0.4 is 5.32 Å². The fourth-order valence-corrected chi connectivity index (χ4v) is 2.41. The van der Waals surface area contributed by atoms with E-state index in [1.54, 1.807) is 31.4 Å². The van der Waals surface area contributed by atoms with Gasteiger partial charge in [-0.25, -0.2) is 12.7 Å². The van der Waals surface area contributed by atoms with Crippen LogP contribution >= 0.6 is 0 Å².